The van der Waals surface area contributed by atoms with Crippen molar-refractivity contribution in [2.75, 3.05) is 31.3 Å². The van der Waals surface area contributed by atoms with Crippen molar-refractivity contribution in [1.82, 2.24) is 10.3 Å². The number of aliphatic hydroxyl groups excluding tert-OH is 2. The quantitative estimate of drug-likeness (QED) is 0.214. The van der Waals surface area contributed by atoms with Gasteiger partial charge in [-0.1, -0.05) is 17.7 Å². The van der Waals surface area contributed by atoms with Gasteiger partial charge in [0.1, 0.15) is 28.5 Å². The molecule has 2 aromatic carbocycles. The van der Waals surface area contributed by atoms with Gasteiger partial charge in [-0.25, -0.2) is 17.8 Å². The summed E-state index contributed by atoms with van der Waals surface area (Å²) in [5.74, 6) is -0.104. The molecule has 0 radical (unpaired) electrons. The minimum absolute atomic E-state index is 0.0335. The summed E-state index contributed by atoms with van der Waals surface area (Å²) in [6, 6.07) is 12.5. The highest BCUT2D eigenvalue weighted by Gasteiger charge is 2.45. The fourth-order valence-corrected chi connectivity index (χ4v) is 5.53. The molecule has 2 heterocycles. The second-order valence-electron chi connectivity index (χ2n) is 9.61. The molecule has 2 aromatic heterocycles. The number of pyridine rings is 1. The zero-order chi connectivity index (χ0) is 27.4. The third kappa shape index (κ3) is 4.56. The molecule has 1 unspecified atom stereocenters. The lowest BCUT2D eigenvalue weighted by atomic mass is 9.97. The number of aliphatic hydroxyl groups is 2. The molecular formula is C27H27ClFN3O5S. The molecule has 1 atom stereocenters. The normalized spacial score (nSPS) is 15.6. The Balaban J connectivity index is 1.78. The van der Waals surface area contributed by atoms with E-state index >= 15 is 0 Å². The molecule has 1 aliphatic carbocycles. The number of rotatable bonds is 8. The van der Waals surface area contributed by atoms with Crippen molar-refractivity contribution in [3.63, 3.8) is 0 Å². The highest BCUT2D eigenvalue weighted by atomic mass is 35.5. The molecule has 200 valence electrons. The summed E-state index contributed by atoms with van der Waals surface area (Å²) in [7, 11) is -0.670. The number of sulfonamides is 1. The maximum Gasteiger partial charge on any atom is 0.232 e. The second kappa shape index (κ2) is 9.62. The molecule has 8 nitrogen and oxygen atoms in total. The van der Waals surface area contributed by atoms with Crippen LogP contribution in [0.4, 0.5) is 10.1 Å². The van der Waals surface area contributed by atoms with Crippen molar-refractivity contribution in [2.24, 2.45) is 0 Å². The number of benzene rings is 2. The summed E-state index contributed by atoms with van der Waals surface area (Å²) >= 11 is 6.57. The molecule has 1 aliphatic rings. The summed E-state index contributed by atoms with van der Waals surface area (Å²) in [5, 5.41) is 24.3. The van der Waals surface area contributed by atoms with Gasteiger partial charge in [0.25, 0.3) is 0 Å². The highest BCUT2D eigenvalue weighted by Crippen LogP contribution is 2.50. The van der Waals surface area contributed by atoms with E-state index in [0.29, 0.717) is 44.8 Å². The van der Waals surface area contributed by atoms with E-state index < -0.39 is 27.5 Å². The predicted molar refractivity (Wildman–Crippen MR) is 145 cm³/mol. The number of halogens is 2. The molecule has 0 aliphatic heterocycles. The zero-order valence-electron chi connectivity index (χ0n) is 21.0. The van der Waals surface area contributed by atoms with Gasteiger partial charge in [0.05, 0.1) is 24.2 Å². The number of hydrogen-bond acceptors (Lipinski definition) is 7. The first-order valence-electron chi connectivity index (χ1n) is 11.9. The molecule has 0 bridgehead atoms. The fourth-order valence-electron chi connectivity index (χ4n) is 4.67. The van der Waals surface area contributed by atoms with Gasteiger partial charge < -0.3 is 14.6 Å². The van der Waals surface area contributed by atoms with Crippen molar-refractivity contribution >= 4 is 38.3 Å². The Bertz CT molecular complexity index is 1630. The first-order chi connectivity index (χ1) is 18.0. The molecule has 1 fully saturated rings. The first-order valence-corrected chi connectivity index (χ1v) is 14.2. The van der Waals surface area contributed by atoms with Gasteiger partial charge in [-0.3, -0.25) is 9.62 Å². The molecule has 0 amide bonds. The van der Waals surface area contributed by atoms with Gasteiger partial charge in [0, 0.05) is 40.6 Å². The van der Waals surface area contributed by atoms with Crippen LogP contribution in [0.5, 0.6) is 0 Å². The summed E-state index contributed by atoms with van der Waals surface area (Å²) in [6.45, 7) is -0.0335. The van der Waals surface area contributed by atoms with Gasteiger partial charge in [-0.15, -0.1) is 0 Å². The van der Waals surface area contributed by atoms with Crippen molar-refractivity contribution in [3.8, 4) is 22.6 Å². The van der Waals surface area contributed by atoms with E-state index in [1.165, 1.54) is 31.3 Å². The van der Waals surface area contributed by atoms with E-state index in [0.717, 1.165) is 29.0 Å². The fraction of sp³-hybridized carbons (Fsp3) is 0.296. The lowest BCUT2D eigenvalue weighted by molar-refractivity contribution is 0.150. The molecule has 1 saturated carbocycles. The van der Waals surface area contributed by atoms with E-state index in [4.69, 9.17) is 16.0 Å². The van der Waals surface area contributed by atoms with Crippen molar-refractivity contribution in [1.29, 1.82) is 0 Å². The summed E-state index contributed by atoms with van der Waals surface area (Å²) in [5.41, 5.74) is 2.78. The number of nitrogens with zero attached hydrogens (tertiary/aromatic N) is 2. The Hall–Kier alpha value is -3.02. The van der Waals surface area contributed by atoms with Crippen LogP contribution in [0.15, 0.2) is 52.9 Å². The van der Waals surface area contributed by atoms with E-state index in [2.05, 4.69) is 10.3 Å². The van der Waals surface area contributed by atoms with Crippen LogP contribution < -0.4 is 9.62 Å². The average Bonchev–Trinajstić information content (AvgIpc) is 3.60. The molecule has 0 saturated heterocycles. The minimum atomic E-state index is -3.68. The number of furan rings is 1. The highest BCUT2D eigenvalue weighted by molar-refractivity contribution is 7.92. The average molecular weight is 560 g/mol. The van der Waals surface area contributed by atoms with Gasteiger partial charge in [0.2, 0.25) is 10.0 Å². The smallest absolute Gasteiger partial charge is 0.232 e. The molecule has 4 aromatic rings. The van der Waals surface area contributed by atoms with Gasteiger partial charge >= 0.3 is 0 Å². The van der Waals surface area contributed by atoms with Crippen LogP contribution in [0, 0.1) is 5.82 Å². The maximum atomic E-state index is 13.6. The van der Waals surface area contributed by atoms with Crippen LogP contribution in [0.2, 0.25) is 5.15 Å². The monoisotopic (exact) mass is 559 g/mol. The molecule has 0 spiro atoms. The molecule has 3 N–H and O–H groups in total. The largest absolute Gasteiger partial charge is 0.456 e. The number of nitrogens with one attached hydrogen (secondary N) is 1. The lowest BCUT2D eigenvalue weighted by Crippen LogP contribution is -2.25. The van der Waals surface area contributed by atoms with Crippen molar-refractivity contribution in [2.45, 2.75) is 24.5 Å². The van der Waals surface area contributed by atoms with Crippen LogP contribution >= 0.6 is 11.6 Å². The minimum Gasteiger partial charge on any atom is -0.456 e. The Kier molecular flexibility index (Phi) is 6.73. The maximum absolute atomic E-state index is 13.6. The van der Waals surface area contributed by atoms with E-state index in [1.807, 2.05) is 6.07 Å². The predicted octanol–water partition coefficient (Wildman–Crippen LogP) is 4.58. The molecular weight excluding hydrogens is 533 g/mol. The standard InChI is InChI=1S/C27H27ClFN3O5S/c1-30-26(34)23-18-12-17(20-9-8-19(25(28)31-20)27(14-33)10-11-27)21(32(2)38(3,35)36)13-22(18)37-24(23)15-4-6-16(29)7-5-15/h4-9,12-13,26,30,33-34H,10-11,14H2,1-3H3. The molecule has 11 heteroatoms. The lowest BCUT2D eigenvalue weighted by Gasteiger charge is -2.21. The Morgan fingerprint density at radius 3 is 2.45 bits per heavy atom. The molecule has 5 rings (SSSR count). The zero-order valence-corrected chi connectivity index (χ0v) is 22.6. The van der Waals surface area contributed by atoms with Gasteiger partial charge in [-0.2, -0.15) is 0 Å². The van der Waals surface area contributed by atoms with Crippen LogP contribution in [-0.2, 0) is 15.4 Å². The SMILES string of the molecule is CNC(O)c1c(-c2ccc(F)cc2)oc2cc(N(C)S(C)(=O)=O)c(-c3ccc(C4(CO)CC4)c(Cl)n3)cc12. The van der Waals surface area contributed by atoms with Gasteiger partial charge in [0.15, 0.2) is 0 Å². The van der Waals surface area contributed by atoms with E-state index in [9.17, 15) is 23.0 Å². The van der Waals surface area contributed by atoms with Crippen molar-refractivity contribution < 1.29 is 27.4 Å². The third-order valence-electron chi connectivity index (χ3n) is 7.19. The summed E-state index contributed by atoms with van der Waals surface area (Å²) in [4.78, 5) is 4.58. The topological polar surface area (TPSA) is 116 Å². The Morgan fingerprint density at radius 1 is 1.21 bits per heavy atom. The van der Waals surface area contributed by atoms with Gasteiger partial charge in [-0.05, 0) is 61.9 Å². The van der Waals surface area contributed by atoms with Crippen LogP contribution in [-0.4, -0.2) is 50.6 Å². The van der Waals surface area contributed by atoms with Crippen LogP contribution in [0.3, 0.4) is 0 Å². The number of anilines is 1. The second-order valence-corrected chi connectivity index (χ2v) is 12.0. The van der Waals surface area contributed by atoms with Crippen LogP contribution in [0.1, 0.15) is 30.2 Å². The van der Waals surface area contributed by atoms with E-state index in [-0.39, 0.29) is 11.8 Å². The number of hydrogen-bond donors (Lipinski definition) is 3. The third-order valence-corrected chi connectivity index (χ3v) is 8.67. The summed E-state index contributed by atoms with van der Waals surface area (Å²) in [6.07, 6.45) is 1.57. The Morgan fingerprint density at radius 2 is 1.89 bits per heavy atom. The van der Waals surface area contributed by atoms with E-state index in [1.54, 1.807) is 25.2 Å². The molecule has 38 heavy (non-hydrogen) atoms. The number of aromatic nitrogens is 1. The van der Waals surface area contributed by atoms with Crippen molar-refractivity contribution in [3.05, 3.63) is 70.6 Å². The first kappa shape index (κ1) is 26.6. The Labute approximate surface area is 224 Å². The van der Waals surface area contributed by atoms with Crippen LogP contribution in [0.25, 0.3) is 33.6 Å². The summed E-state index contributed by atoms with van der Waals surface area (Å²) < 4.78 is 46.0. The number of fused-ring (bicyclic) bond motifs is 1.